The highest BCUT2D eigenvalue weighted by molar-refractivity contribution is 5.96. The van der Waals surface area contributed by atoms with Gasteiger partial charge in [0.05, 0.1) is 6.54 Å². The van der Waals surface area contributed by atoms with E-state index in [1.165, 1.54) is 0 Å². The van der Waals surface area contributed by atoms with Crippen LogP contribution >= 0.6 is 0 Å². The molecule has 0 unspecified atom stereocenters. The summed E-state index contributed by atoms with van der Waals surface area (Å²) in [5.74, 6) is -0.254. The minimum absolute atomic E-state index is 0.0262. The molecule has 0 aliphatic carbocycles. The maximum Gasteiger partial charge on any atom is 0.251 e. The van der Waals surface area contributed by atoms with Gasteiger partial charge in [-0.25, -0.2) is 0 Å². The summed E-state index contributed by atoms with van der Waals surface area (Å²) in [6.07, 6.45) is 0.484. The molecule has 1 saturated heterocycles. The van der Waals surface area contributed by atoms with Crippen LogP contribution in [0.4, 0.5) is 0 Å². The normalized spacial score (nSPS) is 14.9. The van der Waals surface area contributed by atoms with Crippen molar-refractivity contribution in [3.8, 4) is 0 Å². The molecule has 0 radical (unpaired) electrons. The van der Waals surface area contributed by atoms with Crippen LogP contribution in [0.3, 0.4) is 0 Å². The Morgan fingerprint density at radius 3 is 1.88 bits per heavy atom. The van der Waals surface area contributed by atoms with Crippen LogP contribution in [0.5, 0.6) is 0 Å². The first kappa shape index (κ1) is 19.9. The zero-order chi connectivity index (χ0) is 19.3. The third kappa shape index (κ3) is 5.07. The van der Waals surface area contributed by atoms with Gasteiger partial charge in [0, 0.05) is 38.2 Å². The Hall–Kier alpha value is -2.37. The fourth-order valence-electron chi connectivity index (χ4n) is 2.92. The van der Waals surface area contributed by atoms with Gasteiger partial charge < -0.3 is 15.1 Å². The number of amides is 3. The Morgan fingerprint density at radius 1 is 0.923 bits per heavy atom. The predicted octanol–water partition coefficient (Wildman–Crippen LogP) is 1.79. The van der Waals surface area contributed by atoms with Crippen LogP contribution in [0.2, 0.25) is 0 Å². The number of nitrogens with one attached hydrogen (secondary N) is 1. The molecule has 3 amide bonds. The summed E-state index contributed by atoms with van der Waals surface area (Å²) in [6, 6.07) is 7.46. The first-order chi connectivity index (χ1) is 12.2. The summed E-state index contributed by atoms with van der Waals surface area (Å²) in [4.78, 5) is 39.7. The Morgan fingerprint density at radius 2 is 1.42 bits per heavy atom. The Labute approximate surface area is 155 Å². The molecule has 0 atom stereocenters. The van der Waals surface area contributed by atoms with Gasteiger partial charge in [-0.05, 0) is 23.1 Å². The minimum Gasteiger partial charge on any atom is -0.343 e. The lowest BCUT2D eigenvalue weighted by molar-refractivity contribution is -0.138. The van der Waals surface area contributed by atoms with Gasteiger partial charge in [0.25, 0.3) is 5.91 Å². The molecule has 1 N–H and O–H groups in total. The summed E-state index contributed by atoms with van der Waals surface area (Å²) < 4.78 is 0. The Balaban J connectivity index is 1.82. The van der Waals surface area contributed by atoms with Gasteiger partial charge in [-0.2, -0.15) is 0 Å². The van der Waals surface area contributed by atoms with Crippen molar-refractivity contribution in [3.05, 3.63) is 35.4 Å². The zero-order valence-electron chi connectivity index (χ0n) is 16.2. The molecule has 1 heterocycles. The molecule has 1 aliphatic rings. The molecule has 1 aliphatic heterocycles. The van der Waals surface area contributed by atoms with Crippen molar-refractivity contribution in [3.63, 3.8) is 0 Å². The second kappa shape index (κ2) is 8.34. The molecule has 0 aromatic heterocycles. The Kier molecular flexibility index (Phi) is 6.40. The van der Waals surface area contributed by atoms with E-state index in [1.54, 1.807) is 21.9 Å². The summed E-state index contributed by atoms with van der Waals surface area (Å²) in [7, 11) is 0. The molecular weight excluding hydrogens is 330 g/mol. The maximum atomic E-state index is 12.3. The van der Waals surface area contributed by atoms with E-state index in [1.807, 2.05) is 19.1 Å². The number of benzene rings is 1. The average molecular weight is 359 g/mol. The summed E-state index contributed by atoms with van der Waals surface area (Å²) in [5.41, 5.74) is 1.74. The molecule has 6 heteroatoms. The van der Waals surface area contributed by atoms with Crippen LogP contribution in [0.1, 0.15) is 50.0 Å². The van der Waals surface area contributed by atoms with Gasteiger partial charge in [0.1, 0.15) is 0 Å². The van der Waals surface area contributed by atoms with E-state index in [0.717, 1.165) is 5.56 Å². The third-order valence-corrected chi connectivity index (χ3v) is 4.70. The second-order valence-corrected chi connectivity index (χ2v) is 7.63. The fraction of sp³-hybridized carbons (Fsp3) is 0.550. The summed E-state index contributed by atoms with van der Waals surface area (Å²) >= 11 is 0. The van der Waals surface area contributed by atoms with Crippen molar-refractivity contribution in [2.24, 2.45) is 0 Å². The predicted molar refractivity (Wildman–Crippen MR) is 101 cm³/mol. The topological polar surface area (TPSA) is 69.7 Å². The van der Waals surface area contributed by atoms with Crippen LogP contribution in [-0.2, 0) is 15.0 Å². The molecule has 26 heavy (non-hydrogen) atoms. The maximum absolute atomic E-state index is 12.3. The van der Waals surface area contributed by atoms with E-state index in [2.05, 4.69) is 26.1 Å². The molecule has 0 spiro atoms. The number of carbonyl (C=O) groups is 3. The third-order valence-electron chi connectivity index (χ3n) is 4.70. The zero-order valence-corrected chi connectivity index (χ0v) is 16.2. The van der Waals surface area contributed by atoms with Crippen LogP contribution in [0.25, 0.3) is 0 Å². The molecule has 1 fully saturated rings. The van der Waals surface area contributed by atoms with Crippen LogP contribution < -0.4 is 5.32 Å². The molecule has 1 aromatic carbocycles. The van der Waals surface area contributed by atoms with Crippen molar-refractivity contribution in [2.45, 2.75) is 39.5 Å². The largest absolute Gasteiger partial charge is 0.343 e. The fourth-order valence-corrected chi connectivity index (χ4v) is 2.92. The second-order valence-electron chi connectivity index (χ2n) is 7.63. The minimum atomic E-state index is -0.251. The molecule has 2 rings (SSSR count). The van der Waals surface area contributed by atoms with Gasteiger partial charge in [-0.1, -0.05) is 39.8 Å². The van der Waals surface area contributed by atoms with Crippen LogP contribution in [-0.4, -0.2) is 60.2 Å². The number of hydrogen-bond donors (Lipinski definition) is 1. The van der Waals surface area contributed by atoms with Gasteiger partial charge >= 0.3 is 0 Å². The van der Waals surface area contributed by atoms with E-state index < -0.39 is 0 Å². The number of nitrogens with zero attached hydrogens (tertiary/aromatic N) is 2. The van der Waals surface area contributed by atoms with E-state index in [-0.39, 0.29) is 29.7 Å². The lowest BCUT2D eigenvalue weighted by Gasteiger charge is -2.34. The first-order valence-corrected chi connectivity index (χ1v) is 9.16. The van der Waals surface area contributed by atoms with Gasteiger partial charge in [0.2, 0.25) is 11.8 Å². The SMILES string of the molecule is CCC(=O)N1CCN(C(=O)CNC(=O)c2ccc(C(C)(C)C)cc2)CC1. The number of carbonyl (C=O) groups excluding carboxylic acids is 3. The van der Waals surface area contributed by atoms with Gasteiger partial charge in [0.15, 0.2) is 0 Å². The lowest BCUT2D eigenvalue weighted by atomic mass is 9.87. The number of hydrogen-bond acceptors (Lipinski definition) is 3. The molecule has 1 aromatic rings. The van der Waals surface area contributed by atoms with Gasteiger partial charge in [-0.3, -0.25) is 14.4 Å². The number of rotatable bonds is 4. The quantitative estimate of drug-likeness (QED) is 0.891. The smallest absolute Gasteiger partial charge is 0.251 e. The molecule has 0 bridgehead atoms. The number of piperazine rings is 1. The van der Waals surface area contributed by atoms with E-state index in [0.29, 0.717) is 38.2 Å². The first-order valence-electron chi connectivity index (χ1n) is 9.16. The Bertz CT molecular complexity index is 654. The van der Waals surface area contributed by atoms with Crippen molar-refractivity contribution in [2.75, 3.05) is 32.7 Å². The van der Waals surface area contributed by atoms with Crippen molar-refractivity contribution in [1.29, 1.82) is 0 Å². The molecule has 6 nitrogen and oxygen atoms in total. The highest BCUT2D eigenvalue weighted by Crippen LogP contribution is 2.22. The monoisotopic (exact) mass is 359 g/mol. The van der Waals surface area contributed by atoms with Crippen LogP contribution in [0.15, 0.2) is 24.3 Å². The lowest BCUT2D eigenvalue weighted by Crippen LogP contribution is -2.52. The van der Waals surface area contributed by atoms with Crippen LogP contribution in [0, 0.1) is 0 Å². The molecule has 0 saturated carbocycles. The molecule has 142 valence electrons. The molecular formula is C20H29N3O3. The summed E-state index contributed by atoms with van der Waals surface area (Å²) in [5, 5.41) is 2.69. The van der Waals surface area contributed by atoms with E-state index in [9.17, 15) is 14.4 Å². The van der Waals surface area contributed by atoms with Crippen molar-refractivity contribution < 1.29 is 14.4 Å². The van der Waals surface area contributed by atoms with E-state index in [4.69, 9.17) is 0 Å². The standard InChI is InChI=1S/C20H29N3O3/c1-5-17(24)22-10-12-23(13-11-22)18(25)14-21-19(26)15-6-8-16(9-7-15)20(2,3)4/h6-9H,5,10-14H2,1-4H3,(H,21,26). The van der Waals surface area contributed by atoms with Gasteiger partial charge in [-0.15, -0.1) is 0 Å². The highest BCUT2D eigenvalue weighted by Gasteiger charge is 2.23. The average Bonchev–Trinajstić information content (AvgIpc) is 2.64. The summed E-state index contributed by atoms with van der Waals surface area (Å²) in [6.45, 7) is 10.3. The van der Waals surface area contributed by atoms with Crippen molar-refractivity contribution in [1.82, 2.24) is 15.1 Å². The van der Waals surface area contributed by atoms with E-state index >= 15 is 0 Å². The highest BCUT2D eigenvalue weighted by atomic mass is 16.2. The van der Waals surface area contributed by atoms with Crippen molar-refractivity contribution >= 4 is 17.7 Å².